The maximum Gasteiger partial charge on any atom is 0.274 e. The van der Waals surface area contributed by atoms with E-state index in [1.807, 2.05) is 44.0 Å². The number of aryl methyl sites for hydroxylation is 3. The van der Waals surface area contributed by atoms with Crippen LogP contribution in [0.4, 0.5) is 0 Å². The van der Waals surface area contributed by atoms with E-state index in [-0.39, 0.29) is 11.9 Å². The van der Waals surface area contributed by atoms with Crippen LogP contribution >= 0.6 is 0 Å². The third kappa shape index (κ3) is 3.20. The molecule has 1 fully saturated rings. The van der Waals surface area contributed by atoms with Crippen LogP contribution in [0.2, 0.25) is 0 Å². The van der Waals surface area contributed by atoms with Gasteiger partial charge in [0.1, 0.15) is 11.5 Å². The summed E-state index contributed by atoms with van der Waals surface area (Å²) in [6.07, 6.45) is 6.83. The highest BCUT2D eigenvalue weighted by atomic mass is 16.5. The summed E-state index contributed by atoms with van der Waals surface area (Å²) in [5.74, 6) is 0.680. The number of pyridine rings is 1. The molecule has 1 atom stereocenters. The van der Waals surface area contributed by atoms with Crippen LogP contribution in [-0.2, 0) is 0 Å². The zero-order valence-corrected chi connectivity index (χ0v) is 15.6. The van der Waals surface area contributed by atoms with E-state index in [1.54, 1.807) is 12.4 Å². The Hall–Kier alpha value is -3.09. The number of hydrogen-bond acceptors (Lipinski definition) is 6. The van der Waals surface area contributed by atoms with Gasteiger partial charge in [-0.2, -0.15) is 0 Å². The maximum atomic E-state index is 12.9. The summed E-state index contributed by atoms with van der Waals surface area (Å²) < 4.78 is 5.24. The van der Waals surface area contributed by atoms with Gasteiger partial charge in [0.2, 0.25) is 0 Å². The molecule has 1 saturated heterocycles. The molecular formula is C20H21N5O2. The average molecular weight is 363 g/mol. The Kier molecular flexibility index (Phi) is 4.43. The molecular weight excluding hydrogens is 342 g/mol. The second-order valence-corrected chi connectivity index (χ2v) is 6.87. The van der Waals surface area contributed by atoms with E-state index >= 15 is 0 Å². The van der Waals surface area contributed by atoms with Crippen LogP contribution in [0.3, 0.4) is 0 Å². The Balaban J connectivity index is 1.59. The number of aromatic nitrogens is 4. The van der Waals surface area contributed by atoms with Crippen LogP contribution in [0.15, 0.2) is 35.2 Å². The Morgan fingerprint density at radius 3 is 2.59 bits per heavy atom. The molecule has 138 valence electrons. The molecule has 0 spiro atoms. The first-order valence-corrected chi connectivity index (χ1v) is 9.03. The molecule has 3 aromatic rings. The Bertz CT molecular complexity index is 944. The molecule has 0 radical (unpaired) electrons. The molecule has 7 nitrogen and oxygen atoms in total. The summed E-state index contributed by atoms with van der Waals surface area (Å²) in [4.78, 5) is 27.8. The number of amides is 1. The van der Waals surface area contributed by atoms with E-state index < -0.39 is 0 Å². The fourth-order valence-corrected chi connectivity index (χ4v) is 3.61. The molecule has 0 N–H and O–H groups in total. The molecule has 7 heteroatoms. The van der Waals surface area contributed by atoms with Crippen molar-refractivity contribution < 1.29 is 9.32 Å². The summed E-state index contributed by atoms with van der Waals surface area (Å²) in [6.45, 7) is 6.36. The van der Waals surface area contributed by atoms with Crippen LogP contribution in [-0.4, -0.2) is 37.5 Å². The molecule has 4 rings (SSSR count). The SMILES string of the molecule is Cc1cnc(C(=O)N2CCC[C@@H]2c2ccc(-c3c(C)noc3C)cn2)cn1. The van der Waals surface area contributed by atoms with Gasteiger partial charge in [0, 0.05) is 30.1 Å². The van der Waals surface area contributed by atoms with E-state index in [0.717, 1.165) is 46.8 Å². The quantitative estimate of drug-likeness (QED) is 0.709. The minimum absolute atomic E-state index is 0.0423. The third-order valence-electron chi connectivity index (χ3n) is 4.96. The first-order valence-electron chi connectivity index (χ1n) is 9.03. The van der Waals surface area contributed by atoms with Crippen molar-refractivity contribution >= 4 is 5.91 Å². The maximum absolute atomic E-state index is 12.9. The van der Waals surface area contributed by atoms with Crippen LogP contribution in [0.25, 0.3) is 11.1 Å². The molecule has 0 saturated carbocycles. The lowest BCUT2D eigenvalue weighted by Gasteiger charge is -2.24. The van der Waals surface area contributed by atoms with E-state index in [2.05, 4.69) is 20.1 Å². The Labute approximate surface area is 157 Å². The van der Waals surface area contributed by atoms with Crippen molar-refractivity contribution in [2.75, 3.05) is 6.54 Å². The van der Waals surface area contributed by atoms with Gasteiger partial charge in [-0.15, -0.1) is 0 Å². The highest BCUT2D eigenvalue weighted by molar-refractivity contribution is 5.92. The van der Waals surface area contributed by atoms with Crippen LogP contribution < -0.4 is 0 Å². The van der Waals surface area contributed by atoms with Gasteiger partial charge in [0.25, 0.3) is 5.91 Å². The van der Waals surface area contributed by atoms with Gasteiger partial charge >= 0.3 is 0 Å². The van der Waals surface area contributed by atoms with Gasteiger partial charge in [0.15, 0.2) is 0 Å². The number of nitrogens with zero attached hydrogens (tertiary/aromatic N) is 5. The van der Waals surface area contributed by atoms with Crippen molar-refractivity contribution in [3.63, 3.8) is 0 Å². The van der Waals surface area contributed by atoms with Crippen molar-refractivity contribution in [1.29, 1.82) is 0 Å². The lowest BCUT2D eigenvalue weighted by molar-refractivity contribution is 0.0726. The average Bonchev–Trinajstić information content (AvgIpc) is 3.29. The van der Waals surface area contributed by atoms with Gasteiger partial charge in [-0.05, 0) is 39.7 Å². The molecule has 0 unspecified atom stereocenters. The molecule has 1 aliphatic heterocycles. The summed E-state index contributed by atoms with van der Waals surface area (Å²) in [5.41, 5.74) is 4.84. The largest absolute Gasteiger partial charge is 0.361 e. The summed E-state index contributed by atoms with van der Waals surface area (Å²) >= 11 is 0. The molecule has 0 bridgehead atoms. The van der Waals surface area contributed by atoms with Crippen molar-refractivity contribution in [3.05, 3.63) is 59.3 Å². The van der Waals surface area contributed by atoms with Crippen molar-refractivity contribution in [3.8, 4) is 11.1 Å². The van der Waals surface area contributed by atoms with Gasteiger partial charge in [-0.1, -0.05) is 11.2 Å². The standard InChI is InChI=1S/C20H21N5O2/c1-12-9-22-17(11-21-12)20(26)25-8-4-5-18(25)16-7-6-15(10-23-16)19-13(2)24-27-14(19)3/h6-7,9-11,18H,4-5,8H2,1-3H3/t18-/m1/s1. The molecule has 27 heavy (non-hydrogen) atoms. The normalized spacial score (nSPS) is 16.7. The number of carbonyl (C=O) groups excluding carboxylic acids is 1. The summed E-state index contributed by atoms with van der Waals surface area (Å²) in [5, 5.41) is 4.00. The zero-order chi connectivity index (χ0) is 19.0. The van der Waals surface area contributed by atoms with E-state index in [4.69, 9.17) is 4.52 Å². The topological polar surface area (TPSA) is 85.0 Å². The fraction of sp³-hybridized carbons (Fsp3) is 0.350. The van der Waals surface area contributed by atoms with Crippen molar-refractivity contribution in [1.82, 2.24) is 25.0 Å². The fourth-order valence-electron chi connectivity index (χ4n) is 3.61. The van der Waals surface area contributed by atoms with Crippen LogP contribution in [0, 0.1) is 20.8 Å². The molecule has 1 amide bonds. The van der Waals surface area contributed by atoms with E-state index in [0.29, 0.717) is 12.2 Å². The predicted octanol–water partition coefficient (Wildman–Crippen LogP) is 3.43. The Morgan fingerprint density at radius 1 is 1.11 bits per heavy atom. The highest BCUT2D eigenvalue weighted by Gasteiger charge is 2.32. The van der Waals surface area contributed by atoms with Gasteiger partial charge in [0.05, 0.1) is 29.3 Å². The monoisotopic (exact) mass is 363 g/mol. The molecule has 3 aromatic heterocycles. The summed E-state index contributed by atoms with van der Waals surface area (Å²) in [7, 11) is 0. The zero-order valence-electron chi connectivity index (χ0n) is 15.6. The molecule has 0 aliphatic carbocycles. The lowest BCUT2D eigenvalue weighted by atomic mass is 10.0. The molecule has 4 heterocycles. The molecule has 0 aromatic carbocycles. The summed E-state index contributed by atoms with van der Waals surface area (Å²) in [6, 6.07) is 3.96. The highest BCUT2D eigenvalue weighted by Crippen LogP contribution is 2.33. The number of hydrogen-bond donors (Lipinski definition) is 0. The van der Waals surface area contributed by atoms with Gasteiger partial charge in [-0.25, -0.2) is 4.98 Å². The molecule has 1 aliphatic rings. The number of carbonyl (C=O) groups is 1. The lowest BCUT2D eigenvalue weighted by Crippen LogP contribution is -2.31. The minimum atomic E-state index is -0.0957. The minimum Gasteiger partial charge on any atom is -0.361 e. The smallest absolute Gasteiger partial charge is 0.274 e. The third-order valence-corrected chi connectivity index (χ3v) is 4.96. The van der Waals surface area contributed by atoms with Gasteiger partial charge in [-0.3, -0.25) is 14.8 Å². The number of likely N-dealkylation sites (tertiary alicyclic amines) is 1. The van der Waals surface area contributed by atoms with Crippen LogP contribution in [0.1, 0.15) is 52.2 Å². The van der Waals surface area contributed by atoms with E-state index in [1.165, 1.54) is 0 Å². The first-order chi connectivity index (χ1) is 13.0. The first kappa shape index (κ1) is 17.3. The Morgan fingerprint density at radius 2 is 1.96 bits per heavy atom. The second kappa shape index (κ2) is 6.90. The van der Waals surface area contributed by atoms with Crippen molar-refractivity contribution in [2.45, 2.75) is 39.7 Å². The van der Waals surface area contributed by atoms with Crippen LogP contribution in [0.5, 0.6) is 0 Å². The van der Waals surface area contributed by atoms with E-state index in [9.17, 15) is 4.79 Å². The van der Waals surface area contributed by atoms with Gasteiger partial charge < -0.3 is 9.42 Å². The van der Waals surface area contributed by atoms with Crippen molar-refractivity contribution in [2.24, 2.45) is 0 Å². The predicted molar refractivity (Wildman–Crippen MR) is 99.0 cm³/mol. The second-order valence-electron chi connectivity index (χ2n) is 6.87. The number of rotatable bonds is 3.